The number of nitrogens with zero attached hydrogens (tertiary/aromatic N) is 2. The lowest BCUT2D eigenvalue weighted by molar-refractivity contribution is -0.140. The number of benzene rings is 3. The zero-order valence-electron chi connectivity index (χ0n) is 23.7. The molecule has 40 heavy (non-hydrogen) atoms. The van der Waals surface area contributed by atoms with Crippen LogP contribution in [0.2, 0.25) is 5.02 Å². The van der Waals surface area contributed by atoms with Crippen LogP contribution in [-0.4, -0.2) is 50.0 Å². The second-order valence-corrected chi connectivity index (χ2v) is 12.5. The summed E-state index contributed by atoms with van der Waals surface area (Å²) in [6, 6.07) is 21.0. The van der Waals surface area contributed by atoms with Gasteiger partial charge >= 0.3 is 0 Å². The van der Waals surface area contributed by atoms with E-state index in [2.05, 4.69) is 5.32 Å². The van der Waals surface area contributed by atoms with E-state index in [-0.39, 0.29) is 24.9 Å². The minimum Gasteiger partial charge on any atom is -0.352 e. The van der Waals surface area contributed by atoms with Gasteiger partial charge in [0.1, 0.15) is 12.6 Å². The van der Waals surface area contributed by atoms with Crippen molar-refractivity contribution in [3.05, 3.63) is 100 Å². The molecule has 0 aromatic heterocycles. The fourth-order valence-electron chi connectivity index (χ4n) is 4.56. The molecular weight excluding hydrogens is 546 g/mol. The third-order valence-corrected chi connectivity index (χ3v) is 8.27. The van der Waals surface area contributed by atoms with Crippen LogP contribution in [0.1, 0.15) is 42.5 Å². The van der Waals surface area contributed by atoms with Gasteiger partial charge in [0.2, 0.25) is 21.8 Å². The summed E-state index contributed by atoms with van der Waals surface area (Å²) in [6.07, 6.45) is 2.08. The molecule has 1 N–H and O–H groups in total. The predicted molar refractivity (Wildman–Crippen MR) is 162 cm³/mol. The zero-order chi connectivity index (χ0) is 29.4. The fourth-order valence-corrected chi connectivity index (χ4v) is 5.65. The number of rotatable bonds is 12. The Balaban J connectivity index is 2.09. The molecule has 3 rings (SSSR count). The largest absolute Gasteiger partial charge is 0.352 e. The van der Waals surface area contributed by atoms with Crippen LogP contribution in [-0.2, 0) is 32.6 Å². The molecule has 0 saturated heterocycles. The van der Waals surface area contributed by atoms with E-state index in [4.69, 9.17) is 11.6 Å². The third-order valence-electron chi connectivity index (χ3n) is 6.91. The van der Waals surface area contributed by atoms with E-state index in [0.29, 0.717) is 10.7 Å². The molecule has 214 valence electrons. The van der Waals surface area contributed by atoms with Gasteiger partial charge in [-0.25, -0.2) is 8.42 Å². The summed E-state index contributed by atoms with van der Waals surface area (Å²) in [5, 5.41) is 3.58. The van der Waals surface area contributed by atoms with Crippen molar-refractivity contribution >= 4 is 39.1 Å². The summed E-state index contributed by atoms with van der Waals surface area (Å²) in [6.45, 7) is 7.17. The Morgan fingerprint density at radius 2 is 1.50 bits per heavy atom. The summed E-state index contributed by atoms with van der Waals surface area (Å²) in [5.41, 5.74) is 3.59. The Kier molecular flexibility index (Phi) is 10.8. The average molecular weight is 584 g/mol. The Bertz CT molecular complexity index is 1390. The van der Waals surface area contributed by atoms with E-state index in [9.17, 15) is 18.0 Å². The van der Waals surface area contributed by atoms with Crippen LogP contribution < -0.4 is 9.62 Å². The molecule has 2 amide bonds. The van der Waals surface area contributed by atoms with Crippen molar-refractivity contribution < 1.29 is 18.0 Å². The van der Waals surface area contributed by atoms with Crippen molar-refractivity contribution in [1.82, 2.24) is 10.2 Å². The van der Waals surface area contributed by atoms with Gasteiger partial charge in [-0.3, -0.25) is 13.9 Å². The van der Waals surface area contributed by atoms with Gasteiger partial charge < -0.3 is 10.2 Å². The molecule has 0 fully saturated rings. The highest BCUT2D eigenvalue weighted by atomic mass is 35.5. The van der Waals surface area contributed by atoms with Gasteiger partial charge in [-0.2, -0.15) is 0 Å². The molecule has 9 heteroatoms. The number of amides is 2. The molecule has 3 aromatic carbocycles. The van der Waals surface area contributed by atoms with Crippen LogP contribution in [0.4, 0.5) is 5.69 Å². The van der Waals surface area contributed by atoms with Crippen LogP contribution in [0.15, 0.2) is 72.8 Å². The number of anilines is 1. The Morgan fingerprint density at radius 3 is 2.05 bits per heavy atom. The third kappa shape index (κ3) is 8.32. The molecular formula is C31H38ClN3O4S. The number of halogens is 1. The van der Waals surface area contributed by atoms with Crippen molar-refractivity contribution in [2.24, 2.45) is 0 Å². The SMILES string of the molecule is CC[C@@H](C)NC(=O)[C@H](Cc1ccccc1)N(Cc1ccc(Cl)cc1)C(=O)CN(c1c(C)cccc1C)S(C)(=O)=O. The maximum Gasteiger partial charge on any atom is 0.244 e. The van der Waals surface area contributed by atoms with Crippen LogP contribution in [0.3, 0.4) is 0 Å². The lowest BCUT2D eigenvalue weighted by atomic mass is 10.0. The molecule has 0 aliphatic carbocycles. The highest BCUT2D eigenvalue weighted by Gasteiger charge is 2.34. The van der Waals surface area contributed by atoms with Crippen molar-refractivity contribution in [2.75, 3.05) is 17.1 Å². The Labute approximate surface area is 243 Å². The predicted octanol–water partition coefficient (Wildman–Crippen LogP) is 5.28. The van der Waals surface area contributed by atoms with E-state index in [0.717, 1.165) is 39.2 Å². The number of carbonyl (C=O) groups excluding carboxylic acids is 2. The second kappa shape index (κ2) is 13.8. The standard InChI is InChI=1S/C31H38ClN3O4S/c1-6-24(4)33-31(37)28(19-25-13-8-7-9-14-25)34(20-26-15-17-27(32)18-16-26)29(36)21-35(40(5,38)39)30-22(2)11-10-12-23(30)3/h7-18,24,28H,6,19-21H2,1-5H3,(H,33,37)/t24-,28+/m1/s1. The minimum absolute atomic E-state index is 0.0969. The van der Waals surface area contributed by atoms with E-state index in [1.54, 1.807) is 24.3 Å². The number of hydrogen-bond donors (Lipinski definition) is 1. The summed E-state index contributed by atoms with van der Waals surface area (Å²) < 4.78 is 27.2. The van der Waals surface area contributed by atoms with E-state index >= 15 is 0 Å². The van der Waals surface area contributed by atoms with Gasteiger partial charge in [0, 0.05) is 24.0 Å². The van der Waals surface area contributed by atoms with Gasteiger partial charge in [-0.05, 0) is 61.6 Å². The van der Waals surface area contributed by atoms with Gasteiger partial charge in [0.25, 0.3) is 0 Å². The van der Waals surface area contributed by atoms with Gasteiger partial charge in [0.05, 0.1) is 11.9 Å². The molecule has 0 radical (unpaired) electrons. The molecule has 0 saturated carbocycles. The number of carbonyl (C=O) groups is 2. The summed E-state index contributed by atoms with van der Waals surface area (Å²) in [4.78, 5) is 29.4. The van der Waals surface area contributed by atoms with E-state index < -0.39 is 28.5 Å². The molecule has 0 heterocycles. The van der Waals surface area contributed by atoms with Gasteiger partial charge in [0.15, 0.2) is 0 Å². The molecule has 0 spiro atoms. The number of aryl methyl sites for hydroxylation is 2. The summed E-state index contributed by atoms with van der Waals surface area (Å²) in [7, 11) is -3.83. The summed E-state index contributed by atoms with van der Waals surface area (Å²) in [5.74, 6) is -0.776. The molecule has 0 unspecified atom stereocenters. The monoisotopic (exact) mass is 583 g/mol. The number of sulfonamides is 1. The molecule has 7 nitrogen and oxygen atoms in total. The molecule has 3 aromatic rings. The van der Waals surface area contributed by atoms with Crippen LogP contribution in [0.25, 0.3) is 0 Å². The second-order valence-electron chi connectivity index (χ2n) is 10.2. The molecule has 0 aliphatic rings. The van der Waals surface area contributed by atoms with Crippen LogP contribution in [0, 0.1) is 13.8 Å². The van der Waals surface area contributed by atoms with Crippen molar-refractivity contribution in [1.29, 1.82) is 0 Å². The van der Waals surface area contributed by atoms with E-state index in [1.165, 1.54) is 4.90 Å². The van der Waals surface area contributed by atoms with Gasteiger partial charge in [-0.15, -0.1) is 0 Å². The molecule has 0 bridgehead atoms. The average Bonchev–Trinajstić information content (AvgIpc) is 2.90. The first-order valence-electron chi connectivity index (χ1n) is 13.3. The van der Waals surface area contributed by atoms with Crippen molar-refractivity contribution in [2.45, 2.75) is 59.2 Å². The Hall–Kier alpha value is -3.36. The minimum atomic E-state index is -3.83. The highest BCUT2D eigenvalue weighted by Crippen LogP contribution is 2.27. The maximum absolute atomic E-state index is 14.2. The van der Waals surface area contributed by atoms with E-state index in [1.807, 2.05) is 76.2 Å². The molecule has 0 aliphatic heterocycles. The highest BCUT2D eigenvalue weighted by molar-refractivity contribution is 7.92. The topological polar surface area (TPSA) is 86.8 Å². The quantitative estimate of drug-likeness (QED) is 0.314. The zero-order valence-corrected chi connectivity index (χ0v) is 25.3. The first-order valence-corrected chi connectivity index (χ1v) is 15.6. The fraction of sp³-hybridized carbons (Fsp3) is 0.355. The summed E-state index contributed by atoms with van der Waals surface area (Å²) >= 11 is 6.10. The molecule has 2 atom stereocenters. The smallest absolute Gasteiger partial charge is 0.244 e. The maximum atomic E-state index is 14.2. The normalized spacial score (nSPS) is 12.8. The number of para-hydroxylation sites is 1. The van der Waals surface area contributed by atoms with Crippen LogP contribution in [0.5, 0.6) is 0 Å². The number of nitrogens with one attached hydrogen (secondary N) is 1. The van der Waals surface area contributed by atoms with Crippen molar-refractivity contribution in [3.8, 4) is 0 Å². The Morgan fingerprint density at radius 1 is 0.900 bits per heavy atom. The van der Waals surface area contributed by atoms with Crippen molar-refractivity contribution in [3.63, 3.8) is 0 Å². The van der Waals surface area contributed by atoms with Crippen LogP contribution >= 0.6 is 11.6 Å². The number of hydrogen-bond acceptors (Lipinski definition) is 4. The lowest BCUT2D eigenvalue weighted by Crippen LogP contribution is -2.54. The first kappa shape index (κ1) is 31.2. The first-order chi connectivity index (χ1) is 18.9. The lowest BCUT2D eigenvalue weighted by Gasteiger charge is -2.34. The van der Waals surface area contributed by atoms with Gasteiger partial charge in [-0.1, -0.05) is 79.2 Å².